The fourth-order valence-corrected chi connectivity index (χ4v) is 3.35. The summed E-state index contributed by atoms with van der Waals surface area (Å²) >= 11 is 13.6. The van der Waals surface area contributed by atoms with Crippen molar-refractivity contribution in [2.45, 2.75) is 32.7 Å². The van der Waals surface area contributed by atoms with Gasteiger partial charge < -0.3 is 5.32 Å². The van der Waals surface area contributed by atoms with Crippen molar-refractivity contribution in [2.75, 3.05) is 5.32 Å². The molecular formula is C14H15Cl2N5S. The number of hydrogen-bond acceptors (Lipinski definition) is 5. The van der Waals surface area contributed by atoms with Crippen LogP contribution in [0.25, 0.3) is 5.65 Å². The molecule has 0 amide bonds. The van der Waals surface area contributed by atoms with E-state index in [1.807, 2.05) is 18.5 Å². The number of nitrogens with one attached hydrogen (secondary N) is 1. The molecule has 0 saturated carbocycles. The number of anilines is 1. The molecule has 116 valence electrons. The maximum Gasteiger partial charge on any atom is 0.162 e. The Morgan fingerprint density at radius 2 is 1.95 bits per heavy atom. The van der Waals surface area contributed by atoms with Crippen LogP contribution < -0.4 is 5.32 Å². The summed E-state index contributed by atoms with van der Waals surface area (Å²) in [5.41, 5.74) is 1.84. The van der Waals surface area contributed by atoms with Gasteiger partial charge in [0, 0.05) is 17.0 Å². The number of nitrogens with zero attached hydrogens (tertiary/aromatic N) is 4. The number of fused-ring (bicyclic) bond motifs is 1. The molecule has 1 atom stereocenters. The molecule has 0 saturated heterocycles. The van der Waals surface area contributed by atoms with E-state index in [-0.39, 0.29) is 6.04 Å². The normalized spacial score (nSPS) is 13.0. The molecule has 0 bridgehead atoms. The van der Waals surface area contributed by atoms with Gasteiger partial charge in [0.2, 0.25) is 0 Å². The zero-order chi connectivity index (χ0) is 15.9. The third-order valence-electron chi connectivity index (χ3n) is 3.32. The van der Waals surface area contributed by atoms with E-state index in [0.717, 1.165) is 22.0 Å². The molecule has 22 heavy (non-hydrogen) atoms. The Morgan fingerprint density at radius 3 is 2.59 bits per heavy atom. The van der Waals surface area contributed by atoms with E-state index in [0.29, 0.717) is 16.2 Å². The van der Waals surface area contributed by atoms with Crippen LogP contribution in [0.4, 0.5) is 5.82 Å². The Hall–Kier alpha value is -1.37. The SMILES string of the molecule is CC(C)c1cnn2c(NC(C)c3nc(Cl)cs3)cc(Cl)nc12. The van der Waals surface area contributed by atoms with Gasteiger partial charge in [-0.3, -0.25) is 0 Å². The summed E-state index contributed by atoms with van der Waals surface area (Å²) in [5.74, 6) is 1.10. The highest BCUT2D eigenvalue weighted by Crippen LogP contribution is 2.27. The van der Waals surface area contributed by atoms with Gasteiger partial charge in [0.15, 0.2) is 5.65 Å². The average Bonchev–Trinajstić information content (AvgIpc) is 3.04. The quantitative estimate of drug-likeness (QED) is 0.683. The molecular weight excluding hydrogens is 341 g/mol. The smallest absolute Gasteiger partial charge is 0.162 e. The Kier molecular flexibility index (Phi) is 4.25. The molecule has 8 heteroatoms. The van der Waals surface area contributed by atoms with Crippen molar-refractivity contribution in [3.8, 4) is 0 Å². The van der Waals surface area contributed by atoms with Gasteiger partial charge in [0.05, 0.1) is 12.2 Å². The molecule has 1 unspecified atom stereocenters. The summed E-state index contributed by atoms with van der Waals surface area (Å²) in [6.45, 7) is 6.22. The summed E-state index contributed by atoms with van der Waals surface area (Å²) in [6.07, 6.45) is 1.83. The van der Waals surface area contributed by atoms with Crippen LogP contribution in [-0.4, -0.2) is 19.6 Å². The van der Waals surface area contributed by atoms with Gasteiger partial charge in [-0.1, -0.05) is 37.0 Å². The minimum atomic E-state index is -0.00846. The van der Waals surface area contributed by atoms with Gasteiger partial charge in [-0.2, -0.15) is 9.61 Å². The Balaban J connectivity index is 2.00. The van der Waals surface area contributed by atoms with Crippen LogP contribution in [0.5, 0.6) is 0 Å². The highest BCUT2D eigenvalue weighted by molar-refractivity contribution is 7.10. The fourth-order valence-electron chi connectivity index (χ4n) is 2.21. The molecule has 0 aliphatic heterocycles. The van der Waals surface area contributed by atoms with Crippen molar-refractivity contribution in [1.29, 1.82) is 0 Å². The third kappa shape index (κ3) is 2.91. The monoisotopic (exact) mass is 355 g/mol. The van der Waals surface area contributed by atoms with Gasteiger partial charge in [-0.25, -0.2) is 9.97 Å². The predicted molar refractivity (Wildman–Crippen MR) is 91.2 cm³/mol. The average molecular weight is 356 g/mol. The summed E-state index contributed by atoms with van der Waals surface area (Å²) in [6, 6.07) is 1.75. The van der Waals surface area contributed by atoms with Crippen LogP contribution >= 0.6 is 34.5 Å². The number of halogens is 2. The van der Waals surface area contributed by atoms with Gasteiger partial charge in [0.1, 0.15) is 21.1 Å². The van der Waals surface area contributed by atoms with E-state index < -0.39 is 0 Å². The van der Waals surface area contributed by atoms with Crippen molar-refractivity contribution in [3.05, 3.63) is 38.5 Å². The first-order valence-electron chi connectivity index (χ1n) is 6.87. The standard InChI is InChI=1S/C14H15Cl2N5S/c1-7(2)9-5-17-21-12(4-10(15)19-13(9)21)18-8(3)14-20-11(16)6-22-14/h4-8,18H,1-3H3. The first-order chi connectivity index (χ1) is 10.5. The fraction of sp³-hybridized carbons (Fsp3) is 0.357. The molecule has 3 aromatic heterocycles. The summed E-state index contributed by atoms with van der Waals surface area (Å²) in [7, 11) is 0. The highest BCUT2D eigenvalue weighted by atomic mass is 35.5. The molecule has 0 radical (unpaired) electrons. The topological polar surface area (TPSA) is 55.1 Å². The van der Waals surface area contributed by atoms with Crippen LogP contribution in [0, 0.1) is 0 Å². The van der Waals surface area contributed by atoms with E-state index >= 15 is 0 Å². The number of thiazole rings is 1. The first kappa shape index (κ1) is 15.5. The lowest BCUT2D eigenvalue weighted by molar-refractivity contribution is 0.831. The molecule has 5 nitrogen and oxygen atoms in total. The molecule has 0 fully saturated rings. The van der Waals surface area contributed by atoms with E-state index in [9.17, 15) is 0 Å². The summed E-state index contributed by atoms with van der Waals surface area (Å²) in [4.78, 5) is 8.68. The van der Waals surface area contributed by atoms with Crippen molar-refractivity contribution < 1.29 is 0 Å². The predicted octanol–water partition coefficient (Wildman–Crippen LogP) is 4.79. The van der Waals surface area contributed by atoms with Crippen LogP contribution in [0.15, 0.2) is 17.6 Å². The minimum absolute atomic E-state index is 0.00846. The van der Waals surface area contributed by atoms with E-state index in [2.05, 4.69) is 34.2 Å². The lowest BCUT2D eigenvalue weighted by Crippen LogP contribution is -2.11. The van der Waals surface area contributed by atoms with Gasteiger partial charge in [-0.15, -0.1) is 11.3 Å². The summed E-state index contributed by atoms with van der Waals surface area (Å²) in [5, 5.41) is 11.5. The molecule has 3 rings (SSSR count). The lowest BCUT2D eigenvalue weighted by atomic mass is 10.1. The van der Waals surface area contributed by atoms with E-state index in [4.69, 9.17) is 23.2 Å². The van der Waals surface area contributed by atoms with Crippen LogP contribution in [-0.2, 0) is 0 Å². The molecule has 3 heterocycles. The van der Waals surface area contributed by atoms with E-state index in [1.165, 1.54) is 11.3 Å². The van der Waals surface area contributed by atoms with Gasteiger partial charge in [0.25, 0.3) is 0 Å². The zero-order valence-corrected chi connectivity index (χ0v) is 14.7. The second-order valence-corrected chi connectivity index (χ2v) is 6.99. The van der Waals surface area contributed by atoms with Crippen LogP contribution in [0.2, 0.25) is 10.3 Å². The molecule has 3 aromatic rings. The molecule has 1 N–H and O–H groups in total. The number of rotatable bonds is 4. The van der Waals surface area contributed by atoms with Gasteiger partial charge >= 0.3 is 0 Å². The Morgan fingerprint density at radius 1 is 1.18 bits per heavy atom. The van der Waals surface area contributed by atoms with Crippen molar-refractivity contribution in [2.24, 2.45) is 0 Å². The second-order valence-electron chi connectivity index (χ2n) is 5.33. The van der Waals surface area contributed by atoms with Crippen LogP contribution in [0.3, 0.4) is 0 Å². The molecule has 0 aromatic carbocycles. The largest absolute Gasteiger partial charge is 0.361 e. The summed E-state index contributed by atoms with van der Waals surface area (Å²) < 4.78 is 1.77. The maximum absolute atomic E-state index is 6.16. The van der Waals surface area contributed by atoms with Crippen molar-refractivity contribution >= 4 is 46.0 Å². The Labute approximate surface area is 142 Å². The van der Waals surface area contributed by atoms with Crippen molar-refractivity contribution in [1.82, 2.24) is 19.6 Å². The first-order valence-corrected chi connectivity index (χ1v) is 8.51. The lowest BCUT2D eigenvalue weighted by Gasteiger charge is -2.14. The van der Waals surface area contributed by atoms with Crippen molar-refractivity contribution in [3.63, 3.8) is 0 Å². The number of aromatic nitrogens is 4. The molecule has 0 aliphatic rings. The second kappa shape index (κ2) is 6.02. The molecule has 0 spiro atoms. The maximum atomic E-state index is 6.16. The zero-order valence-electron chi connectivity index (χ0n) is 12.3. The van der Waals surface area contributed by atoms with Crippen LogP contribution in [0.1, 0.15) is 43.3 Å². The highest BCUT2D eigenvalue weighted by Gasteiger charge is 2.16. The Bertz CT molecular complexity index is 811. The number of hydrogen-bond donors (Lipinski definition) is 1. The minimum Gasteiger partial charge on any atom is -0.361 e. The molecule has 0 aliphatic carbocycles. The third-order valence-corrected chi connectivity index (χ3v) is 4.86. The van der Waals surface area contributed by atoms with Gasteiger partial charge in [-0.05, 0) is 12.8 Å². The van der Waals surface area contributed by atoms with E-state index in [1.54, 1.807) is 10.6 Å².